The molecular weight excluding hydrogens is 412 g/mol. The molecular formula is C22H20N6O2S. The molecule has 0 spiro atoms. The molecule has 8 nitrogen and oxygen atoms in total. The maximum absolute atomic E-state index is 13.2. The second-order valence-corrected chi connectivity index (χ2v) is 8.74. The van der Waals surface area contributed by atoms with Gasteiger partial charge >= 0.3 is 0 Å². The molecule has 9 heteroatoms. The van der Waals surface area contributed by atoms with Crippen LogP contribution in [0.2, 0.25) is 0 Å². The van der Waals surface area contributed by atoms with Crippen LogP contribution in [0.5, 0.6) is 0 Å². The van der Waals surface area contributed by atoms with E-state index < -0.39 is 5.54 Å². The lowest BCUT2D eigenvalue weighted by Gasteiger charge is -2.41. The number of thiazole rings is 1. The summed E-state index contributed by atoms with van der Waals surface area (Å²) in [7, 11) is 0. The summed E-state index contributed by atoms with van der Waals surface area (Å²) >= 11 is 1.46. The van der Waals surface area contributed by atoms with Crippen LogP contribution in [0.4, 0.5) is 5.95 Å². The standard InChI is InChI=1S/C22H20N6O2S/c1-13-7-8-15(14(2)10-13)16-12-31-21-25-20(26-28(16)21)24-19(30)22(3)11-18(29)23-17-6-4-5-9-27(17)22/h4-10,12H,11H2,1-3H3,(H,24,26,30). The van der Waals surface area contributed by atoms with Gasteiger partial charge in [-0.15, -0.1) is 16.4 Å². The first-order chi connectivity index (χ1) is 14.8. The van der Waals surface area contributed by atoms with E-state index in [0.29, 0.717) is 10.8 Å². The van der Waals surface area contributed by atoms with Crippen molar-refractivity contribution < 1.29 is 9.59 Å². The SMILES string of the molecule is Cc1ccc(-c2csc3nc(NC(=O)C4(C)CC(=O)N=C5C=CC=CN54)nn23)c(C)c1. The Bertz CT molecular complexity index is 1330. The van der Waals surface area contributed by atoms with Crippen molar-refractivity contribution in [3.8, 4) is 11.3 Å². The first-order valence-electron chi connectivity index (χ1n) is 9.84. The molecule has 31 heavy (non-hydrogen) atoms. The van der Waals surface area contributed by atoms with Crippen molar-refractivity contribution >= 4 is 39.9 Å². The number of fused-ring (bicyclic) bond motifs is 2. The number of aromatic nitrogens is 3. The van der Waals surface area contributed by atoms with Gasteiger partial charge in [0.15, 0.2) is 0 Å². The lowest BCUT2D eigenvalue weighted by atomic mass is 9.91. The largest absolute Gasteiger partial charge is 0.317 e. The number of aliphatic imine (C=N–C) groups is 1. The fourth-order valence-electron chi connectivity index (χ4n) is 3.94. The van der Waals surface area contributed by atoms with Crippen LogP contribution in [-0.4, -0.2) is 42.7 Å². The van der Waals surface area contributed by atoms with Crippen molar-refractivity contribution in [2.75, 3.05) is 5.32 Å². The van der Waals surface area contributed by atoms with Gasteiger partial charge in [-0.25, -0.2) is 4.52 Å². The lowest BCUT2D eigenvalue weighted by molar-refractivity contribution is -0.130. The summed E-state index contributed by atoms with van der Waals surface area (Å²) in [6.07, 6.45) is 7.02. The lowest BCUT2D eigenvalue weighted by Crippen LogP contribution is -2.58. The van der Waals surface area contributed by atoms with E-state index in [1.165, 1.54) is 16.9 Å². The Balaban J connectivity index is 1.46. The zero-order valence-electron chi connectivity index (χ0n) is 17.3. The smallest absolute Gasteiger partial charge is 0.253 e. The third kappa shape index (κ3) is 3.17. The molecule has 0 aliphatic carbocycles. The molecule has 0 fully saturated rings. The Morgan fingerprint density at radius 2 is 2.10 bits per heavy atom. The Hall–Kier alpha value is -3.59. The van der Waals surface area contributed by atoms with Crippen molar-refractivity contribution in [3.63, 3.8) is 0 Å². The van der Waals surface area contributed by atoms with E-state index in [1.807, 2.05) is 5.38 Å². The van der Waals surface area contributed by atoms with Crippen LogP contribution in [-0.2, 0) is 9.59 Å². The highest BCUT2D eigenvalue weighted by molar-refractivity contribution is 7.15. The van der Waals surface area contributed by atoms with E-state index >= 15 is 0 Å². The fraction of sp³-hybridized carbons (Fsp3) is 0.227. The molecule has 0 bridgehead atoms. The number of aryl methyl sites for hydroxylation is 2. The number of carbonyl (C=O) groups excluding carboxylic acids is 2. The average Bonchev–Trinajstić information content (AvgIpc) is 3.28. The monoisotopic (exact) mass is 432 g/mol. The predicted molar refractivity (Wildman–Crippen MR) is 120 cm³/mol. The van der Waals surface area contributed by atoms with Gasteiger partial charge in [0.1, 0.15) is 11.4 Å². The zero-order chi connectivity index (χ0) is 21.8. The van der Waals surface area contributed by atoms with Crippen LogP contribution in [0, 0.1) is 13.8 Å². The van der Waals surface area contributed by atoms with E-state index in [-0.39, 0.29) is 24.2 Å². The average molecular weight is 433 g/mol. The number of anilines is 1. The van der Waals surface area contributed by atoms with Crippen LogP contribution in [0.1, 0.15) is 24.5 Å². The molecule has 1 N–H and O–H groups in total. The second-order valence-electron chi connectivity index (χ2n) is 7.91. The van der Waals surface area contributed by atoms with E-state index in [0.717, 1.165) is 16.8 Å². The maximum atomic E-state index is 13.2. The number of amides is 2. The van der Waals surface area contributed by atoms with Crippen molar-refractivity contribution in [1.82, 2.24) is 19.5 Å². The molecule has 2 aromatic heterocycles. The number of rotatable bonds is 3. The van der Waals surface area contributed by atoms with Crippen LogP contribution in [0.25, 0.3) is 16.2 Å². The predicted octanol–water partition coefficient (Wildman–Crippen LogP) is 3.49. The van der Waals surface area contributed by atoms with Crippen LogP contribution >= 0.6 is 11.3 Å². The quantitative estimate of drug-likeness (QED) is 0.684. The van der Waals surface area contributed by atoms with Gasteiger partial charge < -0.3 is 4.90 Å². The highest BCUT2D eigenvalue weighted by Gasteiger charge is 2.45. The van der Waals surface area contributed by atoms with Gasteiger partial charge in [0.2, 0.25) is 4.96 Å². The molecule has 2 amide bonds. The molecule has 2 aliphatic heterocycles. The molecule has 4 heterocycles. The maximum Gasteiger partial charge on any atom is 0.253 e. The number of hydrogen-bond donors (Lipinski definition) is 1. The van der Waals surface area contributed by atoms with Crippen LogP contribution in [0.3, 0.4) is 0 Å². The van der Waals surface area contributed by atoms with Crippen LogP contribution < -0.4 is 5.32 Å². The highest BCUT2D eigenvalue weighted by Crippen LogP contribution is 2.31. The first-order valence-corrected chi connectivity index (χ1v) is 10.7. The minimum atomic E-state index is -1.12. The number of amidine groups is 1. The van der Waals surface area contributed by atoms with Crippen molar-refractivity contribution in [3.05, 3.63) is 59.1 Å². The van der Waals surface area contributed by atoms with Gasteiger partial charge in [-0.3, -0.25) is 14.9 Å². The third-order valence-electron chi connectivity index (χ3n) is 5.56. The van der Waals surface area contributed by atoms with Crippen molar-refractivity contribution in [2.45, 2.75) is 32.7 Å². The number of nitrogens with one attached hydrogen (secondary N) is 1. The van der Waals surface area contributed by atoms with E-state index in [4.69, 9.17) is 0 Å². The van der Waals surface area contributed by atoms with E-state index in [2.05, 4.69) is 52.4 Å². The van der Waals surface area contributed by atoms with Gasteiger partial charge in [-0.05, 0) is 38.5 Å². The molecule has 0 saturated heterocycles. The minimum absolute atomic E-state index is 0.0312. The molecule has 1 aromatic carbocycles. The zero-order valence-corrected chi connectivity index (χ0v) is 18.1. The summed E-state index contributed by atoms with van der Waals surface area (Å²) in [6.45, 7) is 5.84. The highest BCUT2D eigenvalue weighted by atomic mass is 32.1. The summed E-state index contributed by atoms with van der Waals surface area (Å²) in [5.74, 6) is -0.0382. The van der Waals surface area contributed by atoms with Crippen molar-refractivity contribution in [1.29, 1.82) is 0 Å². The van der Waals surface area contributed by atoms with E-state index in [1.54, 1.807) is 40.8 Å². The second kappa shape index (κ2) is 6.98. The topological polar surface area (TPSA) is 92.0 Å². The Morgan fingerprint density at radius 1 is 1.26 bits per heavy atom. The number of nitrogens with zero attached hydrogens (tertiary/aromatic N) is 5. The Morgan fingerprint density at radius 3 is 2.90 bits per heavy atom. The summed E-state index contributed by atoms with van der Waals surface area (Å²) in [5.41, 5.74) is 3.20. The minimum Gasteiger partial charge on any atom is -0.317 e. The van der Waals surface area contributed by atoms with Gasteiger partial charge in [0.05, 0.1) is 12.1 Å². The molecule has 0 saturated carbocycles. The number of benzene rings is 1. The fourth-order valence-corrected chi connectivity index (χ4v) is 4.76. The number of allylic oxidation sites excluding steroid dienone is 2. The molecule has 0 radical (unpaired) electrons. The van der Waals surface area contributed by atoms with E-state index in [9.17, 15) is 9.59 Å². The number of carbonyl (C=O) groups is 2. The molecule has 3 aromatic rings. The third-order valence-corrected chi connectivity index (χ3v) is 6.37. The Labute approximate surface area is 182 Å². The van der Waals surface area contributed by atoms with Gasteiger partial charge in [0.25, 0.3) is 17.8 Å². The van der Waals surface area contributed by atoms with Gasteiger partial charge in [0, 0.05) is 17.1 Å². The molecule has 156 valence electrons. The summed E-state index contributed by atoms with van der Waals surface area (Å²) < 4.78 is 1.74. The van der Waals surface area contributed by atoms with Crippen LogP contribution in [0.15, 0.2) is 53.0 Å². The molecule has 2 aliphatic rings. The normalized spacial score (nSPS) is 20.2. The molecule has 5 rings (SSSR count). The number of hydrogen-bond acceptors (Lipinski definition) is 6. The molecule has 1 atom stereocenters. The summed E-state index contributed by atoms with van der Waals surface area (Å²) in [6, 6.07) is 6.25. The summed E-state index contributed by atoms with van der Waals surface area (Å²) in [5, 5.41) is 9.33. The van der Waals surface area contributed by atoms with Crippen molar-refractivity contribution in [2.24, 2.45) is 4.99 Å². The van der Waals surface area contributed by atoms with Gasteiger partial charge in [-0.1, -0.05) is 29.8 Å². The summed E-state index contributed by atoms with van der Waals surface area (Å²) in [4.78, 5) is 36.3. The Kier molecular flexibility index (Phi) is 4.37. The van der Waals surface area contributed by atoms with Gasteiger partial charge in [-0.2, -0.15) is 9.98 Å². The molecule has 1 unspecified atom stereocenters. The first kappa shape index (κ1) is 19.4.